The molecule has 5 rings (SSSR count). The number of phenols is 2. The summed E-state index contributed by atoms with van der Waals surface area (Å²) in [4.78, 5) is 13.8. The van der Waals surface area contributed by atoms with Gasteiger partial charge in [0.1, 0.15) is 59.1 Å². The molecule has 10 atom stereocenters. The molecule has 2 saturated heterocycles. The topological polar surface area (TPSA) is 238 Å². The number of fused-ring (bicyclic) bond motifs is 1. The molecule has 0 bridgehead atoms. The molecule has 3 heterocycles. The van der Waals surface area contributed by atoms with Crippen molar-refractivity contribution in [2.45, 2.75) is 75.3 Å². The van der Waals surface area contributed by atoms with Gasteiger partial charge in [0.25, 0.3) is 0 Å². The molecule has 234 valence electrons. The highest BCUT2D eigenvalue weighted by Crippen LogP contribution is 2.40. The van der Waals surface area contributed by atoms with Crippen molar-refractivity contribution in [3.05, 3.63) is 40.6 Å². The van der Waals surface area contributed by atoms with Gasteiger partial charge < -0.3 is 69.0 Å². The van der Waals surface area contributed by atoms with Gasteiger partial charge in [-0.3, -0.25) is 4.79 Å². The molecule has 0 radical (unpaired) electrons. The number of benzene rings is 2. The molecule has 2 aliphatic rings. The van der Waals surface area contributed by atoms with Crippen molar-refractivity contribution < 1.29 is 69.0 Å². The van der Waals surface area contributed by atoms with E-state index in [0.717, 1.165) is 6.07 Å². The highest BCUT2D eigenvalue weighted by Gasteiger charge is 2.45. The fraction of sp³-hybridized carbons (Fsp3) is 0.464. The van der Waals surface area contributed by atoms with Crippen LogP contribution in [0, 0.1) is 0 Å². The summed E-state index contributed by atoms with van der Waals surface area (Å²) in [5.74, 6) is -1.83. The largest absolute Gasteiger partial charge is 0.507 e. The van der Waals surface area contributed by atoms with E-state index < -0.39 is 78.3 Å². The number of aromatic hydroxyl groups is 2. The first kappa shape index (κ1) is 30.8. The van der Waals surface area contributed by atoms with Crippen LogP contribution in [0.25, 0.3) is 22.3 Å². The summed E-state index contributed by atoms with van der Waals surface area (Å²) < 4.78 is 33.5. The molecule has 2 aromatic carbocycles. The number of hydrogen-bond donors (Lipinski definition) is 8. The molecule has 0 amide bonds. The van der Waals surface area contributed by atoms with E-state index in [2.05, 4.69) is 0 Å². The molecule has 2 fully saturated rings. The fourth-order valence-corrected chi connectivity index (χ4v) is 4.91. The highest BCUT2D eigenvalue weighted by molar-refractivity contribution is 5.88. The molecule has 0 spiro atoms. The molecule has 2 aliphatic heterocycles. The Bertz CT molecular complexity index is 1540. The lowest BCUT2D eigenvalue weighted by Gasteiger charge is -2.39. The lowest BCUT2D eigenvalue weighted by atomic mass is 10.00. The number of methoxy groups -OCH3 is 1. The van der Waals surface area contributed by atoms with Crippen LogP contribution in [0.5, 0.6) is 28.7 Å². The second-order valence-corrected chi connectivity index (χ2v) is 10.4. The Labute approximate surface area is 243 Å². The van der Waals surface area contributed by atoms with Crippen LogP contribution < -0.4 is 19.6 Å². The maximum Gasteiger partial charge on any atom is 0.239 e. The monoisotopic (exact) mass is 608 g/mol. The normalized spacial score (nSPS) is 32.9. The molecule has 8 N–H and O–H groups in total. The van der Waals surface area contributed by atoms with Crippen LogP contribution in [-0.2, 0) is 9.47 Å². The summed E-state index contributed by atoms with van der Waals surface area (Å²) in [6, 6.07) is 6.18. The molecular weight excluding hydrogens is 576 g/mol. The van der Waals surface area contributed by atoms with Crippen molar-refractivity contribution >= 4 is 11.0 Å². The van der Waals surface area contributed by atoms with E-state index in [1.807, 2.05) is 0 Å². The first-order valence-corrected chi connectivity index (χ1v) is 13.3. The summed E-state index contributed by atoms with van der Waals surface area (Å²) in [5.41, 5.74) is -1.02. The van der Waals surface area contributed by atoms with Crippen LogP contribution in [0.15, 0.2) is 39.5 Å². The van der Waals surface area contributed by atoms with Gasteiger partial charge in [0.15, 0.2) is 17.3 Å². The lowest BCUT2D eigenvalue weighted by Crippen LogP contribution is -2.58. The van der Waals surface area contributed by atoms with Gasteiger partial charge in [-0.2, -0.15) is 0 Å². The van der Waals surface area contributed by atoms with E-state index in [4.69, 9.17) is 28.1 Å². The Hall–Kier alpha value is -3.67. The van der Waals surface area contributed by atoms with Crippen LogP contribution in [0.2, 0.25) is 0 Å². The van der Waals surface area contributed by atoms with Gasteiger partial charge in [0.2, 0.25) is 23.8 Å². The maximum atomic E-state index is 13.8. The molecule has 3 aromatic rings. The van der Waals surface area contributed by atoms with E-state index in [0.29, 0.717) is 0 Å². The molecule has 0 unspecified atom stereocenters. The summed E-state index contributed by atoms with van der Waals surface area (Å²) in [5, 5.41) is 81.8. The van der Waals surface area contributed by atoms with Crippen molar-refractivity contribution in [1.82, 2.24) is 0 Å². The molecule has 15 nitrogen and oxygen atoms in total. The minimum Gasteiger partial charge on any atom is -0.507 e. The lowest BCUT2D eigenvalue weighted by molar-refractivity contribution is -0.268. The third kappa shape index (κ3) is 5.57. The summed E-state index contributed by atoms with van der Waals surface area (Å²) >= 11 is 0. The smallest absolute Gasteiger partial charge is 0.239 e. The van der Waals surface area contributed by atoms with E-state index in [1.54, 1.807) is 0 Å². The summed E-state index contributed by atoms with van der Waals surface area (Å²) in [6.45, 7) is 2.88. The van der Waals surface area contributed by atoms with Crippen molar-refractivity contribution in [2.75, 3.05) is 7.11 Å². The van der Waals surface area contributed by atoms with E-state index >= 15 is 0 Å². The average Bonchev–Trinajstić information content (AvgIpc) is 2.97. The molecule has 1 aromatic heterocycles. The zero-order valence-electron chi connectivity index (χ0n) is 23.1. The third-order valence-electron chi connectivity index (χ3n) is 7.45. The van der Waals surface area contributed by atoms with Crippen LogP contribution in [-0.4, -0.2) is 109 Å². The number of rotatable bonds is 6. The quantitative estimate of drug-likeness (QED) is 0.173. The fourth-order valence-electron chi connectivity index (χ4n) is 4.91. The van der Waals surface area contributed by atoms with Gasteiger partial charge in [0, 0.05) is 17.7 Å². The Morgan fingerprint density at radius 3 is 1.88 bits per heavy atom. The predicted octanol–water partition coefficient (Wildman–Crippen LogP) is -0.708. The van der Waals surface area contributed by atoms with Crippen molar-refractivity contribution in [1.29, 1.82) is 0 Å². The second kappa shape index (κ2) is 11.8. The third-order valence-corrected chi connectivity index (χ3v) is 7.45. The van der Waals surface area contributed by atoms with Gasteiger partial charge in [-0.15, -0.1) is 0 Å². The van der Waals surface area contributed by atoms with Crippen LogP contribution in [0.1, 0.15) is 13.8 Å². The number of aliphatic hydroxyl groups is 6. The standard InChI is InChI=1S/C28H32O15/c1-9-18(31)21(34)23(36)27(39-9)41-12-7-14(30)17-16(8-12)42-25(11-4-5-13(29)15(6-11)38-3)26(20(17)33)43-28-24(37)22(35)19(32)10(2)40-28/h4-10,18-19,21-24,27-32,34-37H,1-3H3/t9-,10-,18-,19-,21+,22+,23+,24+,27-,28-/m0/s1. The Kier molecular flexibility index (Phi) is 8.43. The Balaban J connectivity index is 1.62. The summed E-state index contributed by atoms with van der Waals surface area (Å²) in [7, 11) is 1.30. The van der Waals surface area contributed by atoms with Gasteiger partial charge >= 0.3 is 0 Å². The highest BCUT2D eigenvalue weighted by atomic mass is 16.7. The van der Waals surface area contributed by atoms with E-state index in [-0.39, 0.29) is 39.5 Å². The minimum atomic E-state index is -1.79. The zero-order valence-corrected chi connectivity index (χ0v) is 23.1. The van der Waals surface area contributed by atoms with Gasteiger partial charge in [0.05, 0.1) is 19.3 Å². The number of aliphatic hydroxyl groups excluding tert-OH is 6. The molecule has 0 saturated carbocycles. The van der Waals surface area contributed by atoms with Crippen LogP contribution in [0.4, 0.5) is 0 Å². The van der Waals surface area contributed by atoms with Crippen molar-refractivity contribution in [2.24, 2.45) is 0 Å². The average molecular weight is 609 g/mol. The zero-order chi connectivity index (χ0) is 31.3. The Morgan fingerprint density at radius 1 is 0.721 bits per heavy atom. The number of phenolic OH excluding ortho intramolecular Hbond substituents is 2. The van der Waals surface area contributed by atoms with Gasteiger partial charge in [-0.25, -0.2) is 0 Å². The first-order chi connectivity index (χ1) is 20.3. The Morgan fingerprint density at radius 2 is 1.30 bits per heavy atom. The number of hydrogen-bond acceptors (Lipinski definition) is 15. The van der Waals surface area contributed by atoms with Crippen molar-refractivity contribution in [3.63, 3.8) is 0 Å². The predicted molar refractivity (Wildman–Crippen MR) is 144 cm³/mol. The molecule has 43 heavy (non-hydrogen) atoms. The van der Waals surface area contributed by atoms with Gasteiger partial charge in [-0.1, -0.05) is 0 Å². The van der Waals surface area contributed by atoms with Crippen LogP contribution in [0.3, 0.4) is 0 Å². The second-order valence-electron chi connectivity index (χ2n) is 10.4. The molecular formula is C28H32O15. The maximum absolute atomic E-state index is 13.8. The van der Waals surface area contributed by atoms with E-state index in [9.17, 15) is 45.6 Å². The number of ether oxygens (including phenoxy) is 5. The minimum absolute atomic E-state index is 0.00513. The first-order valence-electron chi connectivity index (χ1n) is 13.3. The van der Waals surface area contributed by atoms with Crippen molar-refractivity contribution in [3.8, 4) is 40.1 Å². The molecule has 15 heteroatoms. The van der Waals surface area contributed by atoms with E-state index in [1.165, 1.54) is 45.2 Å². The van der Waals surface area contributed by atoms with Gasteiger partial charge in [-0.05, 0) is 32.0 Å². The molecule has 0 aliphatic carbocycles. The SMILES string of the molecule is COc1cc(-c2oc3cc(O[C@@H]4O[C@@H](C)[C@H](O)[C@@H](O)[C@H]4O)cc(O)c3c(=O)c2O[C@@H]2O[C@@H](C)[C@H](O)[C@@H](O)[C@H]2O)ccc1O. The van der Waals surface area contributed by atoms with Crippen LogP contribution >= 0.6 is 0 Å². The summed E-state index contributed by atoms with van der Waals surface area (Å²) in [6.07, 6.45) is -14.5.